The molecule has 0 aliphatic rings. The Bertz CT molecular complexity index is 321. The van der Waals surface area contributed by atoms with E-state index in [9.17, 15) is 9.18 Å². The van der Waals surface area contributed by atoms with E-state index in [1.807, 2.05) is 6.92 Å². The van der Waals surface area contributed by atoms with Crippen LogP contribution in [0.4, 0.5) is 4.39 Å². The van der Waals surface area contributed by atoms with Crippen LogP contribution in [0.2, 0.25) is 0 Å². The molecule has 0 fully saturated rings. The van der Waals surface area contributed by atoms with Crippen LogP contribution in [-0.4, -0.2) is 11.1 Å². The predicted octanol–water partition coefficient (Wildman–Crippen LogP) is 2.09. The lowest BCUT2D eigenvalue weighted by atomic mass is 10.0. The molecule has 0 spiro atoms. The Kier molecular flexibility index (Phi) is 3.01. The average molecular weight is 182 g/mol. The molecule has 1 aromatic rings. The van der Waals surface area contributed by atoms with Crippen LogP contribution in [0.15, 0.2) is 18.2 Å². The van der Waals surface area contributed by atoms with E-state index in [1.165, 1.54) is 0 Å². The molecule has 0 heterocycles. The Balaban J connectivity index is 2.96. The van der Waals surface area contributed by atoms with Crippen LogP contribution >= 0.6 is 0 Å². The highest BCUT2D eigenvalue weighted by molar-refractivity contribution is 5.70. The molecular weight excluding hydrogens is 171 g/mol. The summed E-state index contributed by atoms with van der Waals surface area (Å²) in [5, 5.41) is 8.56. The summed E-state index contributed by atoms with van der Waals surface area (Å²) >= 11 is 0. The molecular formula is C10H11FO2. The Morgan fingerprint density at radius 2 is 2.23 bits per heavy atom. The number of hydrogen-bond acceptors (Lipinski definition) is 1. The van der Waals surface area contributed by atoms with Gasteiger partial charge in [0.05, 0.1) is 6.42 Å². The Hall–Kier alpha value is -1.38. The maximum absolute atomic E-state index is 12.2. The quantitative estimate of drug-likeness (QED) is 0.777. The molecule has 1 rings (SSSR count). The molecule has 0 bridgehead atoms. The third kappa shape index (κ3) is 2.54. The molecule has 1 N–H and O–H groups in total. The van der Waals surface area contributed by atoms with Crippen LogP contribution in [-0.2, 0) is 17.9 Å². The minimum Gasteiger partial charge on any atom is -0.481 e. The SMILES string of the molecule is Cc1ccc(CF)cc1CC(=O)O. The molecule has 0 aliphatic carbocycles. The highest BCUT2D eigenvalue weighted by Crippen LogP contribution is 2.12. The van der Waals surface area contributed by atoms with Crippen molar-refractivity contribution < 1.29 is 14.3 Å². The van der Waals surface area contributed by atoms with E-state index < -0.39 is 12.6 Å². The summed E-state index contributed by atoms with van der Waals surface area (Å²) < 4.78 is 12.2. The molecule has 2 nitrogen and oxygen atoms in total. The zero-order valence-electron chi connectivity index (χ0n) is 7.38. The Morgan fingerprint density at radius 3 is 2.77 bits per heavy atom. The van der Waals surface area contributed by atoms with E-state index in [-0.39, 0.29) is 6.42 Å². The molecule has 1 aromatic carbocycles. The van der Waals surface area contributed by atoms with Gasteiger partial charge in [0.15, 0.2) is 0 Å². The number of aryl methyl sites for hydroxylation is 1. The maximum atomic E-state index is 12.2. The molecule has 0 unspecified atom stereocenters. The second kappa shape index (κ2) is 4.03. The molecule has 13 heavy (non-hydrogen) atoms. The largest absolute Gasteiger partial charge is 0.481 e. The second-order valence-electron chi connectivity index (χ2n) is 2.96. The minimum atomic E-state index is -0.890. The van der Waals surface area contributed by atoms with Gasteiger partial charge in [0.2, 0.25) is 0 Å². The number of carboxylic acids is 1. The zero-order chi connectivity index (χ0) is 9.84. The normalized spacial score (nSPS) is 10.0. The first kappa shape index (κ1) is 9.71. The second-order valence-corrected chi connectivity index (χ2v) is 2.96. The van der Waals surface area contributed by atoms with Gasteiger partial charge in [0, 0.05) is 0 Å². The maximum Gasteiger partial charge on any atom is 0.307 e. The van der Waals surface area contributed by atoms with Crippen LogP contribution < -0.4 is 0 Å². The van der Waals surface area contributed by atoms with Gasteiger partial charge in [-0.3, -0.25) is 4.79 Å². The monoisotopic (exact) mass is 182 g/mol. The summed E-state index contributed by atoms with van der Waals surface area (Å²) in [6.07, 6.45) is -0.0420. The van der Waals surface area contributed by atoms with Crippen molar-refractivity contribution in [3.63, 3.8) is 0 Å². The van der Waals surface area contributed by atoms with Gasteiger partial charge in [-0.25, -0.2) is 4.39 Å². The van der Waals surface area contributed by atoms with Crippen LogP contribution in [0.5, 0.6) is 0 Å². The van der Waals surface area contributed by atoms with Crippen molar-refractivity contribution in [1.29, 1.82) is 0 Å². The Morgan fingerprint density at radius 1 is 1.54 bits per heavy atom. The molecule has 0 saturated carbocycles. The van der Waals surface area contributed by atoms with Gasteiger partial charge >= 0.3 is 5.97 Å². The van der Waals surface area contributed by atoms with E-state index in [0.717, 1.165) is 5.56 Å². The van der Waals surface area contributed by atoms with Crippen molar-refractivity contribution >= 4 is 5.97 Å². The number of aliphatic carboxylic acids is 1. The summed E-state index contributed by atoms with van der Waals surface area (Å²) in [5.74, 6) is -0.890. The fourth-order valence-corrected chi connectivity index (χ4v) is 1.16. The molecule has 0 aliphatic heterocycles. The van der Waals surface area contributed by atoms with Gasteiger partial charge in [-0.05, 0) is 23.6 Å². The minimum absolute atomic E-state index is 0.0420. The highest BCUT2D eigenvalue weighted by atomic mass is 19.1. The van der Waals surface area contributed by atoms with E-state index in [2.05, 4.69) is 0 Å². The van der Waals surface area contributed by atoms with Crippen LogP contribution in [0.1, 0.15) is 16.7 Å². The van der Waals surface area contributed by atoms with E-state index in [0.29, 0.717) is 11.1 Å². The van der Waals surface area contributed by atoms with E-state index >= 15 is 0 Å². The van der Waals surface area contributed by atoms with E-state index in [1.54, 1.807) is 18.2 Å². The first-order chi connectivity index (χ1) is 6.13. The van der Waals surface area contributed by atoms with Gasteiger partial charge in [-0.1, -0.05) is 18.2 Å². The van der Waals surface area contributed by atoms with Crippen molar-refractivity contribution in [2.24, 2.45) is 0 Å². The lowest BCUT2D eigenvalue weighted by Crippen LogP contribution is -2.02. The number of rotatable bonds is 3. The molecule has 0 radical (unpaired) electrons. The fraction of sp³-hybridized carbons (Fsp3) is 0.300. The molecule has 0 atom stereocenters. The summed E-state index contributed by atoms with van der Waals surface area (Å²) in [6.45, 7) is 1.27. The molecule has 0 aromatic heterocycles. The standard InChI is InChI=1S/C10H11FO2/c1-7-2-3-8(6-11)4-9(7)5-10(12)13/h2-4H,5-6H2,1H3,(H,12,13). The van der Waals surface area contributed by atoms with Gasteiger partial charge in [-0.15, -0.1) is 0 Å². The number of halogens is 1. The fourth-order valence-electron chi connectivity index (χ4n) is 1.16. The number of carboxylic acid groups (broad SMARTS) is 1. The predicted molar refractivity (Wildman–Crippen MR) is 47.3 cm³/mol. The summed E-state index contributed by atoms with van der Waals surface area (Å²) in [4.78, 5) is 10.4. The van der Waals surface area contributed by atoms with Crippen molar-refractivity contribution in [3.05, 3.63) is 34.9 Å². The van der Waals surface area contributed by atoms with Crippen LogP contribution in [0.25, 0.3) is 0 Å². The van der Waals surface area contributed by atoms with Crippen molar-refractivity contribution in [3.8, 4) is 0 Å². The van der Waals surface area contributed by atoms with Crippen molar-refractivity contribution in [2.45, 2.75) is 20.0 Å². The van der Waals surface area contributed by atoms with E-state index in [4.69, 9.17) is 5.11 Å². The lowest BCUT2D eigenvalue weighted by Gasteiger charge is -2.04. The zero-order valence-corrected chi connectivity index (χ0v) is 7.38. The highest BCUT2D eigenvalue weighted by Gasteiger charge is 2.04. The molecule has 70 valence electrons. The van der Waals surface area contributed by atoms with Gasteiger partial charge < -0.3 is 5.11 Å². The third-order valence-corrected chi connectivity index (χ3v) is 1.91. The van der Waals surface area contributed by atoms with Crippen molar-refractivity contribution in [2.75, 3.05) is 0 Å². The van der Waals surface area contributed by atoms with Crippen LogP contribution in [0.3, 0.4) is 0 Å². The summed E-state index contributed by atoms with van der Waals surface area (Å²) in [7, 11) is 0. The van der Waals surface area contributed by atoms with Gasteiger partial charge in [-0.2, -0.15) is 0 Å². The first-order valence-corrected chi connectivity index (χ1v) is 3.99. The smallest absolute Gasteiger partial charge is 0.307 e. The van der Waals surface area contributed by atoms with Crippen LogP contribution in [0, 0.1) is 6.92 Å². The number of benzene rings is 1. The average Bonchev–Trinajstić information content (AvgIpc) is 2.08. The first-order valence-electron chi connectivity index (χ1n) is 3.99. The topological polar surface area (TPSA) is 37.3 Å². The molecule has 0 amide bonds. The third-order valence-electron chi connectivity index (χ3n) is 1.91. The van der Waals surface area contributed by atoms with Crippen molar-refractivity contribution in [1.82, 2.24) is 0 Å². The summed E-state index contributed by atoms with van der Waals surface area (Å²) in [6, 6.07) is 5.01. The van der Waals surface area contributed by atoms with Gasteiger partial charge in [0.25, 0.3) is 0 Å². The summed E-state index contributed by atoms with van der Waals surface area (Å²) in [5.41, 5.74) is 2.10. The number of alkyl halides is 1. The Labute approximate surface area is 76.0 Å². The molecule has 3 heteroatoms. The lowest BCUT2D eigenvalue weighted by molar-refractivity contribution is -0.136. The number of hydrogen-bond donors (Lipinski definition) is 1. The van der Waals surface area contributed by atoms with Gasteiger partial charge in [0.1, 0.15) is 6.67 Å². The molecule has 0 saturated heterocycles. The number of carbonyl (C=O) groups is 1.